The van der Waals surface area contributed by atoms with Gasteiger partial charge in [-0.25, -0.2) is 0 Å². The van der Waals surface area contributed by atoms with Gasteiger partial charge in [-0.2, -0.15) is 0 Å². The summed E-state index contributed by atoms with van der Waals surface area (Å²) < 4.78 is 0. The van der Waals surface area contributed by atoms with E-state index in [1.54, 1.807) is 18.2 Å². The topological polar surface area (TPSA) is 20.2 Å². The zero-order chi connectivity index (χ0) is 8.27. The predicted octanol–water partition coefficient (Wildman–Crippen LogP) is 2.84. The lowest BCUT2D eigenvalue weighted by Gasteiger charge is -1.96. The second-order valence-corrected chi connectivity index (χ2v) is 2.49. The van der Waals surface area contributed by atoms with Gasteiger partial charge >= 0.3 is 0 Å². The first-order chi connectivity index (χ1) is 5.24. The SMILES string of the molecule is C=C=Cc1cc(Cl)ccc1O. The van der Waals surface area contributed by atoms with Crippen molar-refractivity contribution in [1.82, 2.24) is 0 Å². The Labute approximate surface area is 70.2 Å². The van der Waals surface area contributed by atoms with Crippen LogP contribution in [0.4, 0.5) is 0 Å². The van der Waals surface area contributed by atoms with E-state index in [1.807, 2.05) is 0 Å². The third kappa shape index (κ3) is 1.87. The zero-order valence-electron chi connectivity index (χ0n) is 5.84. The maximum atomic E-state index is 9.21. The minimum Gasteiger partial charge on any atom is -0.507 e. The molecule has 0 amide bonds. The maximum absolute atomic E-state index is 9.21. The molecule has 0 unspecified atom stereocenters. The average molecular weight is 167 g/mol. The molecule has 0 atom stereocenters. The van der Waals surface area contributed by atoms with Crippen molar-refractivity contribution in [3.8, 4) is 5.75 Å². The number of rotatable bonds is 1. The summed E-state index contributed by atoms with van der Waals surface area (Å²) in [7, 11) is 0. The maximum Gasteiger partial charge on any atom is 0.123 e. The molecule has 1 nitrogen and oxygen atoms in total. The van der Waals surface area contributed by atoms with E-state index >= 15 is 0 Å². The minimum absolute atomic E-state index is 0.186. The van der Waals surface area contributed by atoms with Gasteiger partial charge in [-0.15, -0.1) is 5.73 Å². The fourth-order valence-electron chi connectivity index (χ4n) is 0.751. The average Bonchev–Trinajstić information content (AvgIpc) is 1.98. The van der Waals surface area contributed by atoms with Crippen LogP contribution < -0.4 is 0 Å². The molecule has 2 heteroatoms. The highest BCUT2D eigenvalue weighted by molar-refractivity contribution is 6.30. The van der Waals surface area contributed by atoms with E-state index in [4.69, 9.17) is 11.6 Å². The van der Waals surface area contributed by atoms with E-state index in [0.29, 0.717) is 10.6 Å². The lowest BCUT2D eigenvalue weighted by molar-refractivity contribution is 0.474. The third-order valence-electron chi connectivity index (χ3n) is 1.25. The van der Waals surface area contributed by atoms with Crippen molar-refractivity contribution in [2.24, 2.45) is 0 Å². The summed E-state index contributed by atoms with van der Waals surface area (Å²) in [4.78, 5) is 0. The van der Waals surface area contributed by atoms with E-state index < -0.39 is 0 Å². The second kappa shape index (κ2) is 3.29. The molecule has 56 valence electrons. The highest BCUT2D eigenvalue weighted by Gasteiger charge is 1.96. The second-order valence-electron chi connectivity index (χ2n) is 2.05. The Balaban J connectivity index is 3.22. The van der Waals surface area contributed by atoms with Crippen LogP contribution in [-0.4, -0.2) is 5.11 Å². The molecule has 0 spiro atoms. The Kier molecular flexibility index (Phi) is 2.37. The van der Waals surface area contributed by atoms with Crippen molar-refractivity contribution in [3.05, 3.63) is 41.1 Å². The molecule has 0 aliphatic rings. The molecule has 0 aliphatic heterocycles. The molecular weight excluding hydrogens is 160 g/mol. The molecule has 1 rings (SSSR count). The summed E-state index contributed by atoms with van der Waals surface area (Å²) in [5.74, 6) is 0.186. The first-order valence-electron chi connectivity index (χ1n) is 3.08. The zero-order valence-corrected chi connectivity index (χ0v) is 6.60. The number of benzene rings is 1. The van der Waals surface area contributed by atoms with Crippen molar-refractivity contribution < 1.29 is 5.11 Å². The van der Waals surface area contributed by atoms with Gasteiger partial charge in [0, 0.05) is 10.6 Å². The summed E-state index contributed by atoms with van der Waals surface area (Å²) >= 11 is 5.67. The van der Waals surface area contributed by atoms with Gasteiger partial charge in [-0.1, -0.05) is 18.2 Å². The number of phenolic OH excluding ortho intramolecular Hbond substituents is 1. The van der Waals surface area contributed by atoms with Crippen LogP contribution >= 0.6 is 11.6 Å². The Morgan fingerprint density at radius 2 is 2.27 bits per heavy atom. The lowest BCUT2D eigenvalue weighted by Crippen LogP contribution is -1.72. The summed E-state index contributed by atoms with van der Waals surface area (Å²) in [5.41, 5.74) is 3.19. The first kappa shape index (κ1) is 7.93. The van der Waals surface area contributed by atoms with E-state index in [-0.39, 0.29) is 5.75 Å². The van der Waals surface area contributed by atoms with Gasteiger partial charge in [-0.05, 0) is 24.3 Å². The molecular formula is C9H7ClO. The van der Waals surface area contributed by atoms with Crippen LogP contribution in [0.1, 0.15) is 5.56 Å². The van der Waals surface area contributed by atoms with Crippen molar-refractivity contribution in [3.63, 3.8) is 0 Å². The van der Waals surface area contributed by atoms with Crippen LogP contribution in [0.25, 0.3) is 6.08 Å². The number of hydrogen-bond donors (Lipinski definition) is 1. The fourth-order valence-corrected chi connectivity index (χ4v) is 0.931. The highest BCUT2D eigenvalue weighted by atomic mass is 35.5. The van der Waals surface area contributed by atoms with Gasteiger partial charge in [0.15, 0.2) is 0 Å². The van der Waals surface area contributed by atoms with Crippen LogP contribution in [0.5, 0.6) is 5.75 Å². The largest absolute Gasteiger partial charge is 0.507 e. The lowest BCUT2D eigenvalue weighted by atomic mass is 10.2. The van der Waals surface area contributed by atoms with E-state index in [9.17, 15) is 5.11 Å². The summed E-state index contributed by atoms with van der Waals surface area (Å²) in [6.07, 6.45) is 1.57. The molecule has 0 saturated heterocycles. The van der Waals surface area contributed by atoms with Gasteiger partial charge in [0.2, 0.25) is 0 Å². The fraction of sp³-hybridized carbons (Fsp3) is 0. The summed E-state index contributed by atoms with van der Waals surface area (Å²) in [6.45, 7) is 3.39. The Hall–Kier alpha value is -1.17. The third-order valence-corrected chi connectivity index (χ3v) is 1.48. The number of hydrogen-bond acceptors (Lipinski definition) is 1. The smallest absolute Gasteiger partial charge is 0.123 e. The van der Waals surface area contributed by atoms with Crippen LogP contribution in [-0.2, 0) is 0 Å². The van der Waals surface area contributed by atoms with Crippen molar-refractivity contribution in [1.29, 1.82) is 0 Å². The van der Waals surface area contributed by atoms with E-state index in [2.05, 4.69) is 12.3 Å². The summed E-state index contributed by atoms with van der Waals surface area (Å²) in [5, 5.41) is 9.80. The predicted molar refractivity (Wildman–Crippen MR) is 46.7 cm³/mol. The van der Waals surface area contributed by atoms with Crippen molar-refractivity contribution >= 4 is 17.7 Å². The monoisotopic (exact) mass is 166 g/mol. The molecule has 1 aromatic carbocycles. The van der Waals surface area contributed by atoms with E-state index in [1.165, 1.54) is 6.07 Å². The van der Waals surface area contributed by atoms with Gasteiger partial charge in [-0.3, -0.25) is 0 Å². The van der Waals surface area contributed by atoms with Crippen LogP contribution in [0.3, 0.4) is 0 Å². The molecule has 0 radical (unpaired) electrons. The molecule has 1 aromatic rings. The molecule has 0 aromatic heterocycles. The number of aromatic hydroxyl groups is 1. The molecule has 1 N–H and O–H groups in total. The van der Waals surface area contributed by atoms with Crippen molar-refractivity contribution in [2.75, 3.05) is 0 Å². The van der Waals surface area contributed by atoms with E-state index in [0.717, 1.165) is 0 Å². The summed E-state index contributed by atoms with van der Waals surface area (Å²) in [6, 6.07) is 4.80. The number of phenols is 1. The molecule has 0 bridgehead atoms. The normalized spacial score (nSPS) is 8.82. The molecule has 0 saturated carbocycles. The van der Waals surface area contributed by atoms with Crippen molar-refractivity contribution in [2.45, 2.75) is 0 Å². The van der Waals surface area contributed by atoms with Gasteiger partial charge < -0.3 is 5.11 Å². The Morgan fingerprint density at radius 3 is 2.91 bits per heavy atom. The highest BCUT2D eigenvalue weighted by Crippen LogP contribution is 2.21. The molecule has 0 fully saturated rings. The standard InChI is InChI=1S/C9H7ClO/c1-2-3-7-6-8(10)4-5-9(7)11/h3-6,11H,1H2. The molecule has 11 heavy (non-hydrogen) atoms. The Bertz CT molecular complexity index is 311. The molecule has 0 aliphatic carbocycles. The van der Waals surface area contributed by atoms with Crippen LogP contribution in [0.15, 0.2) is 30.5 Å². The van der Waals surface area contributed by atoms with Gasteiger partial charge in [0.05, 0.1) is 0 Å². The van der Waals surface area contributed by atoms with Gasteiger partial charge in [0.25, 0.3) is 0 Å². The van der Waals surface area contributed by atoms with Crippen LogP contribution in [0.2, 0.25) is 5.02 Å². The minimum atomic E-state index is 0.186. The quantitative estimate of drug-likeness (QED) is 0.637. The Morgan fingerprint density at radius 1 is 1.55 bits per heavy atom. The number of halogens is 1. The van der Waals surface area contributed by atoms with Crippen LogP contribution in [0, 0.1) is 0 Å². The molecule has 0 heterocycles. The first-order valence-corrected chi connectivity index (χ1v) is 3.46. The van der Waals surface area contributed by atoms with Gasteiger partial charge in [0.1, 0.15) is 5.75 Å².